The first-order chi connectivity index (χ1) is 13.8. The van der Waals surface area contributed by atoms with Crippen LogP contribution in [-0.2, 0) is 27.8 Å². The molecule has 29 heavy (non-hydrogen) atoms. The summed E-state index contributed by atoms with van der Waals surface area (Å²) in [6.07, 6.45) is 3.65. The number of nitrogens with zero attached hydrogens (tertiary/aromatic N) is 2. The monoisotopic (exact) mass is 435 g/mol. The maximum Gasteiger partial charge on any atom is 0.250 e. The van der Waals surface area contributed by atoms with Crippen LogP contribution in [0.1, 0.15) is 30.0 Å². The Hall–Kier alpha value is -2.43. The summed E-state index contributed by atoms with van der Waals surface area (Å²) in [6.45, 7) is 4.27. The van der Waals surface area contributed by atoms with Gasteiger partial charge in [0.05, 0.1) is 10.9 Å². The highest BCUT2D eigenvalue weighted by molar-refractivity contribution is 7.89. The third-order valence-corrected chi connectivity index (χ3v) is 7.93. The molecule has 1 N–H and O–H groups in total. The topological polar surface area (TPSA) is 97.8 Å². The second-order valence-electron chi connectivity index (χ2n) is 7.00. The second kappa shape index (κ2) is 7.77. The van der Waals surface area contributed by atoms with Gasteiger partial charge in [0, 0.05) is 30.5 Å². The van der Waals surface area contributed by atoms with Crippen molar-refractivity contribution in [3.05, 3.63) is 40.4 Å². The van der Waals surface area contributed by atoms with E-state index >= 15 is 0 Å². The molecule has 0 spiro atoms. The van der Waals surface area contributed by atoms with Gasteiger partial charge in [-0.05, 0) is 37.6 Å². The lowest BCUT2D eigenvalue weighted by Gasteiger charge is -2.26. The average molecular weight is 436 g/mol. The Bertz CT molecular complexity index is 1080. The number of thiazole rings is 1. The van der Waals surface area contributed by atoms with Gasteiger partial charge in [-0.25, -0.2) is 13.4 Å². The highest BCUT2D eigenvalue weighted by Gasteiger charge is 2.31. The zero-order chi connectivity index (χ0) is 20.6. The summed E-state index contributed by atoms with van der Waals surface area (Å²) >= 11 is 1.31. The van der Waals surface area contributed by atoms with E-state index in [2.05, 4.69) is 10.3 Å². The Morgan fingerprint density at radius 1 is 1.31 bits per heavy atom. The average Bonchev–Trinajstić information content (AvgIpc) is 3.31. The van der Waals surface area contributed by atoms with Gasteiger partial charge in [0.25, 0.3) is 0 Å². The van der Waals surface area contributed by atoms with Gasteiger partial charge in [0.2, 0.25) is 22.7 Å². The lowest BCUT2D eigenvalue weighted by atomic mass is 10.2. The first kappa shape index (κ1) is 19.9. The molecule has 1 amide bonds. The first-order valence-electron chi connectivity index (χ1n) is 9.19. The van der Waals surface area contributed by atoms with Crippen molar-refractivity contribution in [2.75, 3.05) is 18.7 Å². The van der Waals surface area contributed by atoms with E-state index in [0.29, 0.717) is 36.1 Å². The van der Waals surface area contributed by atoms with Crippen LogP contribution in [0.15, 0.2) is 24.3 Å². The molecule has 0 aliphatic carbocycles. The normalized spacial score (nSPS) is 16.4. The molecule has 10 heteroatoms. The molecule has 0 saturated carbocycles. The van der Waals surface area contributed by atoms with Crippen LogP contribution in [0, 0.1) is 0 Å². The maximum atomic E-state index is 12.4. The second-order valence-corrected chi connectivity index (χ2v) is 10.6. The van der Waals surface area contributed by atoms with Crippen molar-refractivity contribution in [1.29, 1.82) is 0 Å². The van der Waals surface area contributed by atoms with E-state index in [0.717, 1.165) is 16.1 Å². The predicted molar refractivity (Wildman–Crippen MR) is 111 cm³/mol. The van der Waals surface area contributed by atoms with Crippen LogP contribution in [0.5, 0.6) is 11.5 Å². The molecule has 4 rings (SSSR count). The van der Waals surface area contributed by atoms with Crippen LogP contribution in [0.25, 0.3) is 6.08 Å². The molecule has 154 valence electrons. The van der Waals surface area contributed by atoms with Crippen LogP contribution in [0.4, 0.5) is 5.13 Å². The molecule has 2 aromatic rings. The number of carbonyl (C=O) groups excluding carboxylic acids is 1. The minimum atomic E-state index is -3.31. The summed E-state index contributed by atoms with van der Waals surface area (Å²) in [5.74, 6) is 1.04. The molecule has 3 heterocycles. The van der Waals surface area contributed by atoms with E-state index in [1.807, 2.05) is 6.07 Å². The van der Waals surface area contributed by atoms with Crippen LogP contribution in [0.3, 0.4) is 0 Å². The third-order valence-electron chi connectivity index (χ3n) is 4.71. The van der Waals surface area contributed by atoms with E-state index in [-0.39, 0.29) is 12.7 Å². The number of hydrogen-bond acceptors (Lipinski definition) is 7. The standard InChI is InChI=1S/C19H21N3O5S2/c1-12(2)29(24,25)22-8-7-14-17(10-22)28-19(20-14)21-18(23)6-4-13-3-5-15-16(9-13)27-11-26-15/h3-6,9,12H,7-8,10-11H2,1-2H3,(H,20,21,23)/b6-4+. The minimum Gasteiger partial charge on any atom is -0.454 e. The van der Waals surface area contributed by atoms with Crippen molar-refractivity contribution in [3.8, 4) is 11.5 Å². The first-order valence-corrected chi connectivity index (χ1v) is 11.5. The fourth-order valence-electron chi connectivity index (χ4n) is 3.08. The molecule has 0 radical (unpaired) electrons. The SMILES string of the molecule is CC(C)S(=O)(=O)N1CCc2nc(NC(=O)/C=C/c3ccc4c(c3)OCO4)sc2C1. The number of amides is 1. The number of carbonyl (C=O) groups is 1. The summed E-state index contributed by atoms with van der Waals surface area (Å²) in [7, 11) is -3.31. The molecular formula is C19H21N3O5S2. The number of anilines is 1. The van der Waals surface area contributed by atoms with E-state index in [1.165, 1.54) is 21.7 Å². The van der Waals surface area contributed by atoms with Gasteiger partial charge in [-0.1, -0.05) is 6.07 Å². The lowest BCUT2D eigenvalue weighted by molar-refractivity contribution is -0.111. The van der Waals surface area contributed by atoms with Gasteiger partial charge in [0.1, 0.15) is 0 Å². The molecule has 0 unspecified atom stereocenters. The number of nitrogens with one attached hydrogen (secondary N) is 1. The van der Waals surface area contributed by atoms with Crippen molar-refractivity contribution in [2.24, 2.45) is 0 Å². The summed E-state index contributed by atoms with van der Waals surface area (Å²) in [6, 6.07) is 5.44. The number of sulfonamides is 1. The zero-order valence-corrected chi connectivity index (χ0v) is 17.7. The maximum absolute atomic E-state index is 12.4. The molecule has 1 aromatic heterocycles. The molecule has 0 bridgehead atoms. The van der Waals surface area contributed by atoms with Gasteiger partial charge in [0.15, 0.2) is 16.6 Å². The fraction of sp³-hybridized carbons (Fsp3) is 0.368. The van der Waals surface area contributed by atoms with Crippen molar-refractivity contribution in [1.82, 2.24) is 9.29 Å². The predicted octanol–water partition coefficient (Wildman–Crippen LogP) is 2.62. The molecule has 8 nitrogen and oxygen atoms in total. The largest absolute Gasteiger partial charge is 0.454 e. The number of hydrogen-bond donors (Lipinski definition) is 1. The van der Waals surface area contributed by atoms with E-state index < -0.39 is 15.3 Å². The third kappa shape index (κ3) is 4.14. The van der Waals surface area contributed by atoms with Crippen molar-refractivity contribution >= 4 is 38.5 Å². The summed E-state index contributed by atoms with van der Waals surface area (Å²) < 4.78 is 36.8. The lowest BCUT2D eigenvalue weighted by Crippen LogP contribution is -2.39. The van der Waals surface area contributed by atoms with Crippen molar-refractivity contribution < 1.29 is 22.7 Å². The van der Waals surface area contributed by atoms with E-state index in [9.17, 15) is 13.2 Å². The Kier molecular flexibility index (Phi) is 5.32. The molecular weight excluding hydrogens is 414 g/mol. The molecule has 2 aliphatic heterocycles. The highest BCUT2D eigenvalue weighted by atomic mass is 32.2. The number of rotatable bonds is 5. The molecule has 2 aliphatic rings. The van der Waals surface area contributed by atoms with Crippen LogP contribution < -0.4 is 14.8 Å². The van der Waals surface area contributed by atoms with Gasteiger partial charge in [-0.2, -0.15) is 4.31 Å². The summed E-state index contributed by atoms with van der Waals surface area (Å²) in [5.41, 5.74) is 1.66. The molecule has 1 aromatic carbocycles. The minimum absolute atomic E-state index is 0.202. The smallest absolute Gasteiger partial charge is 0.250 e. The summed E-state index contributed by atoms with van der Waals surface area (Å²) in [5, 5.41) is 2.77. The fourth-order valence-corrected chi connectivity index (χ4v) is 5.44. The Balaban J connectivity index is 1.41. The number of benzene rings is 1. The molecule has 0 fully saturated rings. The molecule has 0 saturated heterocycles. The number of fused-ring (bicyclic) bond motifs is 2. The Morgan fingerprint density at radius 2 is 2.10 bits per heavy atom. The number of ether oxygens (including phenoxy) is 2. The van der Waals surface area contributed by atoms with Gasteiger partial charge in [-0.15, -0.1) is 11.3 Å². The van der Waals surface area contributed by atoms with Crippen LogP contribution in [0.2, 0.25) is 0 Å². The van der Waals surface area contributed by atoms with Gasteiger partial charge >= 0.3 is 0 Å². The van der Waals surface area contributed by atoms with Crippen molar-refractivity contribution in [2.45, 2.75) is 32.1 Å². The Morgan fingerprint density at radius 3 is 2.90 bits per heavy atom. The van der Waals surface area contributed by atoms with Crippen molar-refractivity contribution in [3.63, 3.8) is 0 Å². The number of aromatic nitrogens is 1. The van der Waals surface area contributed by atoms with Gasteiger partial charge < -0.3 is 9.47 Å². The quantitative estimate of drug-likeness (QED) is 0.725. The van der Waals surface area contributed by atoms with Crippen LogP contribution >= 0.6 is 11.3 Å². The zero-order valence-electron chi connectivity index (χ0n) is 16.0. The summed E-state index contributed by atoms with van der Waals surface area (Å²) in [4.78, 5) is 17.6. The van der Waals surface area contributed by atoms with E-state index in [4.69, 9.17) is 9.47 Å². The molecule has 0 atom stereocenters. The highest BCUT2D eigenvalue weighted by Crippen LogP contribution is 2.33. The Labute approximate surface area is 173 Å². The van der Waals surface area contributed by atoms with Crippen LogP contribution in [-0.4, -0.2) is 42.2 Å². The van der Waals surface area contributed by atoms with Gasteiger partial charge in [-0.3, -0.25) is 10.1 Å². The van der Waals surface area contributed by atoms with E-state index in [1.54, 1.807) is 32.1 Å².